The number of hydrogen-bond acceptors (Lipinski definition) is 2. The van der Waals surface area contributed by atoms with Crippen LogP contribution in [0.2, 0.25) is 0 Å². The number of aliphatic hydroxyl groups excluding tert-OH is 2. The van der Waals surface area contributed by atoms with Crippen molar-refractivity contribution in [3.05, 3.63) is 48.0 Å². The molecule has 0 aliphatic heterocycles. The third-order valence-electron chi connectivity index (χ3n) is 5.57. The highest BCUT2D eigenvalue weighted by atomic mass is 16.3. The summed E-state index contributed by atoms with van der Waals surface area (Å²) in [6, 6.07) is 0. The molecule has 0 amide bonds. The van der Waals surface area contributed by atoms with E-state index < -0.39 is 0 Å². The molecule has 0 aromatic heterocycles. The summed E-state index contributed by atoms with van der Waals surface area (Å²) < 4.78 is 0. The SMILES string of the molecule is CC1(C(C)(C)C2(C)C=CC(O)=CC2)C=CC(O)=CC1. The van der Waals surface area contributed by atoms with Gasteiger partial charge in [-0.3, -0.25) is 0 Å². The first-order chi connectivity index (χ1) is 8.70. The molecule has 0 saturated heterocycles. The van der Waals surface area contributed by atoms with Crippen molar-refractivity contribution in [2.75, 3.05) is 0 Å². The standard InChI is InChI=1S/C17H24O2/c1-15(2,16(3)9-5-13(18)6-10-16)17(4)11-7-14(19)8-12-17/h5-9,11,18-19H,10,12H2,1-4H3. The maximum atomic E-state index is 9.53. The van der Waals surface area contributed by atoms with Gasteiger partial charge >= 0.3 is 0 Å². The van der Waals surface area contributed by atoms with Crippen LogP contribution in [-0.2, 0) is 0 Å². The van der Waals surface area contributed by atoms with Gasteiger partial charge in [-0.25, -0.2) is 0 Å². The maximum absolute atomic E-state index is 9.53. The van der Waals surface area contributed by atoms with Gasteiger partial charge in [0.2, 0.25) is 0 Å². The molecule has 2 aliphatic rings. The molecule has 0 spiro atoms. The Hall–Kier alpha value is -1.44. The molecule has 0 aromatic rings. The van der Waals surface area contributed by atoms with Crippen molar-refractivity contribution >= 4 is 0 Å². The molecule has 2 unspecified atom stereocenters. The van der Waals surface area contributed by atoms with E-state index >= 15 is 0 Å². The molecule has 0 radical (unpaired) electrons. The van der Waals surface area contributed by atoms with E-state index in [1.807, 2.05) is 12.2 Å². The Bertz CT molecular complexity index is 449. The van der Waals surface area contributed by atoms with Gasteiger partial charge in [0, 0.05) is 0 Å². The van der Waals surface area contributed by atoms with Crippen molar-refractivity contribution in [2.45, 2.75) is 40.5 Å². The van der Waals surface area contributed by atoms with E-state index in [2.05, 4.69) is 39.8 Å². The molecule has 2 atom stereocenters. The van der Waals surface area contributed by atoms with Gasteiger partial charge in [0.25, 0.3) is 0 Å². The molecule has 0 fully saturated rings. The normalized spacial score (nSPS) is 34.9. The monoisotopic (exact) mass is 260 g/mol. The zero-order valence-corrected chi connectivity index (χ0v) is 12.3. The Balaban J connectivity index is 2.33. The Morgan fingerprint density at radius 3 is 1.53 bits per heavy atom. The van der Waals surface area contributed by atoms with Gasteiger partial charge in [0.05, 0.1) is 0 Å². The van der Waals surface area contributed by atoms with Crippen LogP contribution in [0.1, 0.15) is 40.5 Å². The lowest BCUT2D eigenvalue weighted by molar-refractivity contribution is 0.0212. The van der Waals surface area contributed by atoms with E-state index in [4.69, 9.17) is 0 Å². The first-order valence-corrected chi connectivity index (χ1v) is 6.87. The van der Waals surface area contributed by atoms with Gasteiger partial charge in [0.1, 0.15) is 11.5 Å². The predicted octanol–water partition coefficient (Wildman–Crippen LogP) is 4.83. The average molecular weight is 260 g/mol. The first kappa shape index (κ1) is 14.0. The lowest BCUT2D eigenvalue weighted by Gasteiger charge is -2.53. The van der Waals surface area contributed by atoms with Crippen molar-refractivity contribution in [1.82, 2.24) is 0 Å². The van der Waals surface area contributed by atoms with Gasteiger partial charge in [-0.1, -0.05) is 39.8 Å². The second-order valence-electron chi connectivity index (χ2n) is 6.79. The molecular formula is C17H24O2. The second-order valence-corrected chi connectivity index (χ2v) is 6.79. The largest absolute Gasteiger partial charge is 0.508 e. The lowest BCUT2D eigenvalue weighted by atomic mass is 9.50. The summed E-state index contributed by atoms with van der Waals surface area (Å²) in [4.78, 5) is 0. The van der Waals surface area contributed by atoms with Crippen LogP contribution in [0.3, 0.4) is 0 Å². The predicted molar refractivity (Wildman–Crippen MR) is 78.9 cm³/mol. The van der Waals surface area contributed by atoms with Crippen molar-refractivity contribution in [2.24, 2.45) is 16.2 Å². The molecule has 0 heterocycles. The summed E-state index contributed by atoms with van der Waals surface area (Å²) >= 11 is 0. The van der Waals surface area contributed by atoms with Crippen LogP contribution >= 0.6 is 0 Å². The zero-order chi connectivity index (χ0) is 14.3. The lowest BCUT2D eigenvalue weighted by Crippen LogP contribution is -2.46. The topological polar surface area (TPSA) is 40.5 Å². The van der Waals surface area contributed by atoms with Crippen LogP contribution in [0.4, 0.5) is 0 Å². The number of rotatable bonds is 2. The number of aliphatic hydroxyl groups is 2. The van der Waals surface area contributed by atoms with Crippen molar-refractivity contribution in [3.63, 3.8) is 0 Å². The molecule has 104 valence electrons. The summed E-state index contributed by atoms with van der Waals surface area (Å²) in [6.45, 7) is 9.02. The summed E-state index contributed by atoms with van der Waals surface area (Å²) in [5.41, 5.74) is -0.0281. The molecule has 2 heteroatoms. The van der Waals surface area contributed by atoms with Gasteiger partial charge in [-0.15, -0.1) is 0 Å². The second kappa shape index (κ2) is 4.29. The van der Waals surface area contributed by atoms with E-state index in [9.17, 15) is 10.2 Å². The summed E-state index contributed by atoms with van der Waals surface area (Å²) in [6.07, 6.45) is 13.3. The highest BCUT2D eigenvalue weighted by Gasteiger charge is 2.50. The maximum Gasteiger partial charge on any atom is 0.111 e. The molecule has 19 heavy (non-hydrogen) atoms. The van der Waals surface area contributed by atoms with E-state index in [0.717, 1.165) is 12.8 Å². The molecular weight excluding hydrogens is 236 g/mol. The van der Waals surface area contributed by atoms with Gasteiger partial charge in [-0.05, 0) is 53.4 Å². The van der Waals surface area contributed by atoms with E-state index in [-0.39, 0.29) is 16.2 Å². The molecule has 2 nitrogen and oxygen atoms in total. The molecule has 2 aliphatic carbocycles. The van der Waals surface area contributed by atoms with E-state index in [1.54, 1.807) is 12.2 Å². The zero-order valence-electron chi connectivity index (χ0n) is 12.3. The van der Waals surface area contributed by atoms with Crippen LogP contribution in [0.25, 0.3) is 0 Å². The average Bonchev–Trinajstić information content (AvgIpc) is 2.36. The Morgan fingerprint density at radius 1 is 0.895 bits per heavy atom. The fourth-order valence-electron chi connectivity index (χ4n) is 3.02. The van der Waals surface area contributed by atoms with Crippen LogP contribution in [0, 0.1) is 16.2 Å². The first-order valence-electron chi connectivity index (χ1n) is 6.87. The molecule has 0 bridgehead atoms. The van der Waals surface area contributed by atoms with Crippen LogP contribution in [0.15, 0.2) is 48.0 Å². The third kappa shape index (κ3) is 2.13. The molecule has 0 aromatic carbocycles. The van der Waals surface area contributed by atoms with Gasteiger partial charge < -0.3 is 10.2 Å². The van der Waals surface area contributed by atoms with Gasteiger partial charge in [-0.2, -0.15) is 0 Å². The smallest absolute Gasteiger partial charge is 0.111 e. The van der Waals surface area contributed by atoms with Crippen molar-refractivity contribution in [3.8, 4) is 0 Å². The Kier molecular flexibility index (Phi) is 3.16. The molecule has 2 rings (SSSR count). The Morgan fingerprint density at radius 2 is 1.26 bits per heavy atom. The quantitative estimate of drug-likeness (QED) is 0.746. The fraction of sp³-hybridized carbons (Fsp3) is 0.529. The molecule has 0 saturated carbocycles. The highest BCUT2D eigenvalue weighted by molar-refractivity contribution is 5.29. The minimum absolute atomic E-state index is 0.00139. The summed E-state index contributed by atoms with van der Waals surface area (Å²) in [5, 5.41) is 19.1. The Labute approximate surface area is 115 Å². The minimum Gasteiger partial charge on any atom is -0.508 e. The summed E-state index contributed by atoms with van der Waals surface area (Å²) in [5.74, 6) is 0.713. The van der Waals surface area contributed by atoms with Crippen molar-refractivity contribution < 1.29 is 10.2 Å². The molecule has 2 N–H and O–H groups in total. The fourth-order valence-corrected chi connectivity index (χ4v) is 3.02. The third-order valence-corrected chi connectivity index (χ3v) is 5.57. The van der Waals surface area contributed by atoms with Gasteiger partial charge in [0.15, 0.2) is 0 Å². The van der Waals surface area contributed by atoms with E-state index in [1.165, 1.54) is 0 Å². The highest BCUT2D eigenvalue weighted by Crippen LogP contribution is 2.58. The van der Waals surface area contributed by atoms with E-state index in [0.29, 0.717) is 11.5 Å². The van der Waals surface area contributed by atoms with Crippen LogP contribution in [-0.4, -0.2) is 10.2 Å². The number of hydrogen-bond donors (Lipinski definition) is 2. The number of allylic oxidation sites excluding steroid dienone is 6. The van der Waals surface area contributed by atoms with Crippen LogP contribution in [0.5, 0.6) is 0 Å². The van der Waals surface area contributed by atoms with Crippen LogP contribution < -0.4 is 0 Å². The summed E-state index contributed by atoms with van der Waals surface area (Å²) in [7, 11) is 0. The van der Waals surface area contributed by atoms with Crippen molar-refractivity contribution in [1.29, 1.82) is 0 Å². The minimum atomic E-state index is -0.0148.